The normalized spacial score (nSPS) is 20.2. The van der Waals surface area contributed by atoms with Crippen LogP contribution in [0.2, 0.25) is 0 Å². The van der Waals surface area contributed by atoms with Crippen LogP contribution in [0, 0.1) is 0 Å². The molecule has 1 atom stereocenters. The van der Waals surface area contributed by atoms with Gasteiger partial charge in [-0.05, 0) is 62.0 Å². The topological polar surface area (TPSA) is 54.9 Å². The standard InChI is InChI=1S/C20H31N3O2S.HI/c1-21-20(23-14-17-8-5-11-26-17)22-13-15-9-10-18(24-2)19(12-15)25-16-6-3-4-7-16;/h9-10,12,16-17H,3-8,11,13-14H2,1-2H3,(H2,21,22,23);1H. The number of nitrogens with one attached hydrogen (secondary N) is 2. The lowest BCUT2D eigenvalue weighted by Gasteiger charge is -2.18. The van der Waals surface area contributed by atoms with E-state index >= 15 is 0 Å². The van der Waals surface area contributed by atoms with Gasteiger partial charge in [0.2, 0.25) is 0 Å². The van der Waals surface area contributed by atoms with E-state index in [1.54, 1.807) is 7.11 Å². The minimum Gasteiger partial charge on any atom is -0.493 e. The number of rotatable bonds is 7. The first kappa shape index (κ1) is 22.5. The molecule has 7 heteroatoms. The van der Waals surface area contributed by atoms with Crippen molar-refractivity contribution in [2.24, 2.45) is 4.99 Å². The van der Waals surface area contributed by atoms with E-state index in [1.807, 2.05) is 13.1 Å². The zero-order valence-corrected chi connectivity index (χ0v) is 19.5. The van der Waals surface area contributed by atoms with Gasteiger partial charge in [0.1, 0.15) is 0 Å². The summed E-state index contributed by atoms with van der Waals surface area (Å²) in [6.45, 7) is 1.69. The molecule has 1 saturated carbocycles. The summed E-state index contributed by atoms with van der Waals surface area (Å²) in [7, 11) is 3.52. The maximum Gasteiger partial charge on any atom is 0.191 e. The second-order valence-electron chi connectivity index (χ2n) is 6.95. The van der Waals surface area contributed by atoms with E-state index in [9.17, 15) is 0 Å². The third-order valence-electron chi connectivity index (χ3n) is 5.03. The van der Waals surface area contributed by atoms with Gasteiger partial charge < -0.3 is 20.1 Å². The Kier molecular flexibility index (Phi) is 9.89. The van der Waals surface area contributed by atoms with Gasteiger partial charge in [0.15, 0.2) is 17.5 Å². The molecule has 0 spiro atoms. The van der Waals surface area contributed by atoms with E-state index in [4.69, 9.17) is 9.47 Å². The van der Waals surface area contributed by atoms with Crippen molar-refractivity contribution in [2.75, 3.05) is 26.5 Å². The van der Waals surface area contributed by atoms with Gasteiger partial charge in [-0.15, -0.1) is 24.0 Å². The van der Waals surface area contributed by atoms with Crippen LogP contribution >= 0.6 is 35.7 Å². The van der Waals surface area contributed by atoms with E-state index in [0.29, 0.717) is 17.9 Å². The largest absolute Gasteiger partial charge is 0.493 e. The fraction of sp³-hybridized carbons (Fsp3) is 0.650. The molecular weight excluding hydrogens is 473 g/mol. The summed E-state index contributed by atoms with van der Waals surface area (Å²) in [6.07, 6.45) is 7.76. The molecular formula is C20H32IN3O2S. The van der Waals surface area contributed by atoms with Crippen molar-refractivity contribution in [1.82, 2.24) is 10.6 Å². The quantitative estimate of drug-likeness (QED) is 0.331. The number of guanidine groups is 1. The fourth-order valence-corrected chi connectivity index (χ4v) is 4.73. The zero-order chi connectivity index (χ0) is 18.2. The molecule has 0 bridgehead atoms. The van der Waals surface area contributed by atoms with Crippen molar-refractivity contribution in [3.63, 3.8) is 0 Å². The molecule has 0 radical (unpaired) electrons. The van der Waals surface area contributed by atoms with Crippen molar-refractivity contribution in [3.05, 3.63) is 23.8 Å². The van der Waals surface area contributed by atoms with Crippen LogP contribution in [0.15, 0.2) is 23.2 Å². The van der Waals surface area contributed by atoms with Crippen molar-refractivity contribution in [1.29, 1.82) is 0 Å². The number of hydrogen-bond donors (Lipinski definition) is 2. The number of aliphatic imine (C=N–C) groups is 1. The molecule has 1 aliphatic carbocycles. The average Bonchev–Trinajstić information content (AvgIpc) is 3.36. The highest BCUT2D eigenvalue weighted by Crippen LogP contribution is 2.32. The number of hydrogen-bond acceptors (Lipinski definition) is 4. The second-order valence-corrected chi connectivity index (χ2v) is 8.36. The van der Waals surface area contributed by atoms with E-state index in [-0.39, 0.29) is 24.0 Å². The lowest BCUT2D eigenvalue weighted by atomic mass is 10.2. The van der Waals surface area contributed by atoms with Gasteiger partial charge in [-0.2, -0.15) is 11.8 Å². The number of nitrogens with zero attached hydrogens (tertiary/aromatic N) is 1. The van der Waals surface area contributed by atoms with Crippen LogP contribution in [0.1, 0.15) is 44.1 Å². The predicted octanol–water partition coefficient (Wildman–Crippen LogP) is 4.20. The molecule has 1 aliphatic heterocycles. The Morgan fingerprint density at radius 3 is 2.63 bits per heavy atom. The van der Waals surface area contributed by atoms with Crippen molar-refractivity contribution in [2.45, 2.75) is 56.4 Å². The summed E-state index contributed by atoms with van der Waals surface area (Å²) in [5, 5.41) is 7.55. The molecule has 5 nitrogen and oxygen atoms in total. The highest BCUT2D eigenvalue weighted by molar-refractivity contribution is 14.0. The van der Waals surface area contributed by atoms with Crippen LogP contribution in [-0.4, -0.2) is 43.8 Å². The SMILES string of the molecule is CN=C(NCc1ccc(OC)c(OC2CCCC2)c1)NCC1CCCS1.I. The minimum atomic E-state index is 0. The van der Waals surface area contributed by atoms with E-state index in [2.05, 4.69) is 39.5 Å². The summed E-state index contributed by atoms with van der Waals surface area (Å²) in [6, 6.07) is 6.16. The van der Waals surface area contributed by atoms with Gasteiger partial charge in [0.05, 0.1) is 13.2 Å². The van der Waals surface area contributed by atoms with Crippen LogP contribution in [0.4, 0.5) is 0 Å². The molecule has 1 aromatic rings. The molecule has 2 fully saturated rings. The molecule has 0 amide bonds. The summed E-state index contributed by atoms with van der Waals surface area (Å²) < 4.78 is 11.7. The van der Waals surface area contributed by atoms with Crippen molar-refractivity contribution >= 4 is 41.7 Å². The Labute approximate surface area is 184 Å². The van der Waals surface area contributed by atoms with Gasteiger partial charge in [0.25, 0.3) is 0 Å². The number of benzene rings is 1. The first-order valence-corrected chi connectivity index (χ1v) is 10.7. The number of methoxy groups -OCH3 is 1. The maximum atomic E-state index is 6.18. The lowest BCUT2D eigenvalue weighted by Crippen LogP contribution is -2.39. The van der Waals surface area contributed by atoms with Crippen LogP contribution in [-0.2, 0) is 6.54 Å². The molecule has 1 heterocycles. The van der Waals surface area contributed by atoms with Crippen LogP contribution in [0.25, 0.3) is 0 Å². The Morgan fingerprint density at radius 2 is 1.96 bits per heavy atom. The minimum absolute atomic E-state index is 0. The lowest BCUT2D eigenvalue weighted by molar-refractivity contribution is 0.200. The first-order valence-electron chi connectivity index (χ1n) is 9.68. The van der Waals surface area contributed by atoms with Gasteiger partial charge in [0, 0.05) is 25.4 Å². The zero-order valence-electron chi connectivity index (χ0n) is 16.3. The molecule has 2 aliphatic rings. The van der Waals surface area contributed by atoms with Gasteiger partial charge >= 0.3 is 0 Å². The second kappa shape index (κ2) is 11.9. The Hall–Kier alpha value is -0.830. The third-order valence-corrected chi connectivity index (χ3v) is 6.43. The highest BCUT2D eigenvalue weighted by Gasteiger charge is 2.19. The third kappa shape index (κ3) is 6.93. The molecule has 2 N–H and O–H groups in total. The summed E-state index contributed by atoms with van der Waals surface area (Å²) in [5.41, 5.74) is 1.16. The van der Waals surface area contributed by atoms with Crippen molar-refractivity contribution < 1.29 is 9.47 Å². The van der Waals surface area contributed by atoms with Crippen molar-refractivity contribution in [3.8, 4) is 11.5 Å². The molecule has 1 saturated heterocycles. The molecule has 0 aromatic heterocycles. The highest BCUT2D eigenvalue weighted by atomic mass is 127. The van der Waals surface area contributed by atoms with E-state index in [1.165, 1.54) is 31.4 Å². The van der Waals surface area contributed by atoms with Crippen LogP contribution in [0.5, 0.6) is 11.5 Å². The molecule has 1 unspecified atom stereocenters. The Balaban J connectivity index is 0.00000261. The smallest absolute Gasteiger partial charge is 0.191 e. The van der Waals surface area contributed by atoms with E-state index < -0.39 is 0 Å². The maximum absolute atomic E-state index is 6.18. The van der Waals surface area contributed by atoms with Gasteiger partial charge in [-0.25, -0.2) is 0 Å². The fourth-order valence-electron chi connectivity index (χ4n) is 3.53. The monoisotopic (exact) mass is 505 g/mol. The number of halogens is 1. The summed E-state index contributed by atoms with van der Waals surface area (Å²) in [5.74, 6) is 3.80. The summed E-state index contributed by atoms with van der Waals surface area (Å²) in [4.78, 5) is 4.33. The molecule has 27 heavy (non-hydrogen) atoms. The predicted molar refractivity (Wildman–Crippen MR) is 125 cm³/mol. The number of ether oxygens (including phenoxy) is 2. The molecule has 1 aromatic carbocycles. The summed E-state index contributed by atoms with van der Waals surface area (Å²) >= 11 is 2.05. The first-order chi connectivity index (χ1) is 12.8. The van der Waals surface area contributed by atoms with Gasteiger partial charge in [-0.3, -0.25) is 4.99 Å². The average molecular weight is 505 g/mol. The number of thioether (sulfide) groups is 1. The van der Waals surface area contributed by atoms with Crippen LogP contribution < -0.4 is 20.1 Å². The van der Waals surface area contributed by atoms with E-state index in [0.717, 1.165) is 42.4 Å². The van der Waals surface area contributed by atoms with Crippen LogP contribution in [0.3, 0.4) is 0 Å². The Morgan fingerprint density at radius 1 is 1.15 bits per heavy atom. The Bertz CT molecular complexity index is 603. The molecule has 3 rings (SSSR count). The molecule has 152 valence electrons. The van der Waals surface area contributed by atoms with Gasteiger partial charge in [-0.1, -0.05) is 6.07 Å².